The molecule has 0 aliphatic carbocycles. The average Bonchev–Trinajstić information content (AvgIpc) is 2.60. The molecule has 0 radical (unpaired) electrons. The Labute approximate surface area is 176 Å². The van der Waals surface area contributed by atoms with Crippen molar-refractivity contribution in [2.24, 2.45) is 5.73 Å². The summed E-state index contributed by atoms with van der Waals surface area (Å²) in [5.41, 5.74) is 6.81. The molecule has 1 aromatic carbocycles. The predicted octanol–water partition coefficient (Wildman–Crippen LogP) is 3.97. The molecule has 0 saturated heterocycles. The molecule has 166 valence electrons. The Bertz CT molecular complexity index is 630. The van der Waals surface area contributed by atoms with Crippen LogP contribution in [0.3, 0.4) is 0 Å². The molecule has 0 bridgehead atoms. The number of nitrogens with zero attached hydrogens (tertiary/aromatic N) is 1. The van der Waals surface area contributed by atoms with E-state index in [9.17, 15) is 9.59 Å². The lowest BCUT2D eigenvalue weighted by Gasteiger charge is -2.39. The Morgan fingerprint density at radius 3 is 2.03 bits per heavy atom. The largest absolute Gasteiger partial charge is 0.481 e. The second kappa shape index (κ2) is 12.1. The van der Waals surface area contributed by atoms with Crippen molar-refractivity contribution in [1.29, 1.82) is 0 Å². The molecule has 8 heteroatoms. The van der Waals surface area contributed by atoms with Gasteiger partial charge in [0, 0.05) is 13.1 Å². The van der Waals surface area contributed by atoms with E-state index in [-0.39, 0.29) is 29.8 Å². The van der Waals surface area contributed by atoms with Gasteiger partial charge in [-0.1, -0.05) is 51.1 Å². The molecule has 0 aliphatic heterocycles. The smallest absolute Gasteiger partial charge is 0.305 e. The van der Waals surface area contributed by atoms with E-state index in [1.807, 2.05) is 50.3 Å². The van der Waals surface area contributed by atoms with Crippen LogP contribution in [0.2, 0.25) is 18.1 Å². The number of carboxylic acid groups (broad SMARTS) is 1. The zero-order valence-corrected chi connectivity index (χ0v) is 20.1. The summed E-state index contributed by atoms with van der Waals surface area (Å²) in [5.74, 6) is -1.26. The molecule has 0 spiro atoms. The van der Waals surface area contributed by atoms with Crippen LogP contribution in [0.1, 0.15) is 52.1 Å². The SMILES string of the molecule is CON(C)C(=O)C[C@@H](CC(=O)O)O[Si](C)(C)C(C)(C)C.C[C@H](N)c1ccccc1. The highest BCUT2D eigenvalue weighted by molar-refractivity contribution is 6.74. The van der Waals surface area contributed by atoms with Crippen molar-refractivity contribution in [3.05, 3.63) is 35.9 Å². The highest BCUT2D eigenvalue weighted by Crippen LogP contribution is 2.38. The number of hydroxylamine groups is 2. The Balaban J connectivity index is 0.000000717. The molecule has 0 unspecified atom stereocenters. The maximum absolute atomic E-state index is 11.8. The molecule has 1 amide bonds. The van der Waals surface area contributed by atoms with Gasteiger partial charge >= 0.3 is 5.97 Å². The number of carbonyl (C=O) groups excluding carboxylic acids is 1. The summed E-state index contributed by atoms with van der Waals surface area (Å²) < 4.78 is 6.03. The van der Waals surface area contributed by atoms with E-state index >= 15 is 0 Å². The first kappa shape index (κ1) is 27.3. The standard InChI is InChI=1S/C13H27NO5Si.C8H11N/c1-13(2,3)20(6,7)19-10(9-12(16)17)8-11(15)14(4)18-5;1-7(9)8-5-3-2-4-6-8/h10H,8-9H2,1-7H3,(H,16,17);2-7H,9H2,1H3/t10-;7-/m00/s1. The van der Waals surface area contributed by atoms with Crippen LogP contribution in [-0.2, 0) is 18.9 Å². The third-order valence-electron chi connectivity index (χ3n) is 5.02. The van der Waals surface area contributed by atoms with Crippen molar-refractivity contribution in [1.82, 2.24) is 5.06 Å². The Morgan fingerprint density at radius 2 is 1.69 bits per heavy atom. The fraction of sp³-hybridized carbons (Fsp3) is 0.619. The second-order valence-electron chi connectivity index (χ2n) is 8.58. The number of benzene rings is 1. The van der Waals surface area contributed by atoms with E-state index in [2.05, 4.69) is 20.8 Å². The summed E-state index contributed by atoms with van der Waals surface area (Å²) in [6.07, 6.45) is -0.808. The maximum Gasteiger partial charge on any atom is 0.305 e. The van der Waals surface area contributed by atoms with Gasteiger partial charge in [-0.15, -0.1) is 0 Å². The van der Waals surface area contributed by atoms with Gasteiger partial charge in [0.05, 0.1) is 26.1 Å². The molecular weight excluding hydrogens is 388 g/mol. The number of carboxylic acids is 1. The lowest BCUT2D eigenvalue weighted by atomic mass is 10.1. The summed E-state index contributed by atoms with van der Waals surface area (Å²) in [6.45, 7) is 12.3. The van der Waals surface area contributed by atoms with E-state index in [0.29, 0.717) is 0 Å². The van der Waals surface area contributed by atoms with E-state index < -0.39 is 20.4 Å². The first-order valence-corrected chi connectivity index (χ1v) is 12.6. The average molecular weight is 427 g/mol. The van der Waals surface area contributed by atoms with E-state index in [1.54, 1.807) is 0 Å². The van der Waals surface area contributed by atoms with Gasteiger partial charge in [-0.25, -0.2) is 5.06 Å². The van der Waals surface area contributed by atoms with Crippen molar-refractivity contribution in [2.75, 3.05) is 14.2 Å². The first-order chi connectivity index (χ1) is 13.2. The van der Waals surface area contributed by atoms with Gasteiger partial charge in [0.1, 0.15) is 0 Å². The summed E-state index contributed by atoms with van der Waals surface area (Å²) in [5, 5.41) is 10.0. The molecule has 29 heavy (non-hydrogen) atoms. The van der Waals surface area contributed by atoms with Crippen molar-refractivity contribution >= 4 is 20.2 Å². The minimum Gasteiger partial charge on any atom is -0.481 e. The van der Waals surface area contributed by atoms with Crippen LogP contribution < -0.4 is 5.73 Å². The summed E-state index contributed by atoms with van der Waals surface area (Å²) in [6, 6.07) is 10.2. The van der Waals surface area contributed by atoms with Gasteiger partial charge in [-0.3, -0.25) is 14.4 Å². The number of hydrogen-bond acceptors (Lipinski definition) is 5. The molecule has 2 atom stereocenters. The second-order valence-corrected chi connectivity index (χ2v) is 13.3. The maximum atomic E-state index is 11.8. The lowest BCUT2D eigenvalue weighted by Crippen LogP contribution is -2.45. The van der Waals surface area contributed by atoms with Crippen molar-refractivity contribution in [2.45, 2.75) is 70.8 Å². The van der Waals surface area contributed by atoms with Crippen LogP contribution in [0, 0.1) is 0 Å². The molecule has 0 saturated carbocycles. The molecule has 0 aliphatic rings. The number of carbonyl (C=O) groups is 2. The quantitative estimate of drug-likeness (QED) is 0.482. The zero-order chi connectivity index (χ0) is 22.8. The minimum atomic E-state index is -2.12. The summed E-state index contributed by atoms with van der Waals surface area (Å²) >= 11 is 0. The van der Waals surface area contributed by atoms with Gasteiger partial charge in [0.2, 0.25) is 5.91 Å². The van der Waals surface area contributed by atoms with Crippen LogP contribution >= 0.6 is 0 Å². The van der Waals surface area contributed by atoms with E-state index in [1.165, 1.54) is 19.7 Å². The van der Waals surface area contributed by atoms with E-state index in [4.69, 9.17) is 20.1 Å². The number of amides is 1. The number of aliphatic carboxylic acids is 1. The molecule has 7 nitrogen and oxygen atoms in total. The number of hydrogen-bond donors (Lipinski definition) is 2. The molecule has 1 aromatic rings. The molecule has 1 rings (SSSR count). The van der Waals surface area contributed by atoms with Gasteiger partial charge in [0.25, 0.3) is 0 Å². The van der Waals surface area contributed by atoms with Crippen LogP contribution in [0.15, 0.2) is 30.3 Å². The van der Waals surface area contributed by atoms with E-state index in [0.717, 1.165) is 5.06 Å². The van der Waals surface area contributed by atoms with Gasteiger partial charge in [-0.2, -0.15) is 0 Å². The molecule has 0 fully saturated rings. The molecule has 0 heterocycles. The topological polar surface area (TPSA) is 102 Å². The lowest BCUT2D eigenvalue weighted by molar-refractivity contribution is -0.170. The highest BCUT2D eigenvalue weighted by Gasteiger charge is 2.40. The van der Waals surface area contributed by atoms with Gasteiger partial charge < -0.3 is 15.3 Å². The first-order valence-electron chi connectivity index (χ1n) is 9.72. The van der Waals surface area contributed by atoms with Crippen LogP contribution in [0.4, 0.5) is 0 Å². The molecular formula is C21H38N2O5Si. The predicted molar refractivity (Wildman–Crippen MR) is 118 cm³/mol. The fourth-order valence-corrected chi connectivity index (χ4v) is 3.48. The highest BCUT2D eigenvalue weighted by atomic mass is 28.4. The monoisotopic (exact) mass is 426 g/mol. The third kappa shape index (κ3) is 10.6. The van der Waals surface area contributed by atoms with Crippen molar-refractivity contribution in [3.8, 4) is 0 Å². The minimum absolute atomic E-state index is 0.00313. The Kier molecular flexibility index (Phi) is 11.3. The third-order valence-corrected chi connectivity index (χ3v) is 9.56. The Hall–Kier alpha value is -1.74. The van der Waals surface area contributed by atoms with Gasteiger partial charge in [-0.05, 0) is 30.6 Å². The number of nitrogens with two attached hydrogens (primary N) is 1. The summed E-state index contributed by atoms with van der Waals surface area (Å²) in [4.78, 5) is 27.6. The molecule has 3 N–H and O–H groups in total. The van der Waals surface area contributed by atoms with Crippen LogP contribution in [0.5, 0.6) is 0 Å². The van der Waals surface area contributed by atoms with Crippen molar-refractivity contribution in [3.63, 3.8) is 0 Å². The zero-order valence-electron chi connectivity index (χ0n) is 19.1. The molecule has 0 aromatic heterocycles. The summed E-state index contributed by atoms with van der Waals surface area (Å²) in [7, 11) is 0.759. The number of rotatable bonds is 8. The van der Waals surface area contributed by atoms with Crippen LogP contribution in [0.25, 0.3) is 0 Å². The Morgan fingerprint density at radius 1 is 1.17 bits per heavy atom. The van der Waals surface area contributed by atoms with Crippen LogP contribution in [-0.4, -0.2) is 50.6 Å². The normalized spacial score (nSPS) is 13.7. The van der Waals surface area contributed by atoms with Crippen molar-refractivity contribution < 1.29 is 24.0 Å². The van der Waals surface area contributed by atoms with Gasteiger partial charge in [0.15, 0.2) is 8.32 Å². The fourth-order valence-electron chi connectivity index (χ4n) is 2.13.